The van der Waals surface area contributed by atoms with Gasteiger partial charge in [-0.15, -0.1) is 0 Å². The second-order valence-electron chi connectivity index (χ2n) is 5.93. The van der Waals surface area contributed by atoms with Crippen LogP contribution in [-0.2, 0) is 0 Å². The Morgan fingerprint density at radius 3 is 2.29 bits per heavy atom. The molecule has 2 heteroatoms. The van der Waals surface area contributed by atoms with Crippen molar-refractivity contribution in [3.63, 3.8) is 0 Å². The highest BCUT2D eigenvalue weighted by Crippen LogP contribution is 2.68. The molecule has 0 aromatic rings. The number of thiol groups is 1. The van der Waals surface area contributed by atoms with Gasteiger partial charge in [-0.1, -0.05) is 34.6 Å². The summed E-state index contributed by atoms with van der Waals surface area (Å²) in [5.41, 5.74) is 3.37. The molecule has 1 aliphatic heterocycles. The van der Waals surface area contributed by atoms with Crippen LogP contribution in [0.5, 0.6) is 0 Å². The van der Waals surface area contributed by atoms with Crippen LogP contribution >= 0.6 is 20.6 Å². The Morgan fingerprint density at radius 1 is 1.06 bits per heavy atom. The van der Waals surface area contributed by atoms with Crippen LogP contribution in [0.3, 0.4) is 0 Å². The maximum atomic E-state index is 4.49. The van der Waals surface area contributed by atoms with E-state index in [9.17, 15) is 0 Å². The number of rotatable bonds is 5. The molecule has 2 fully saturated rings. The van der Waals surface area contributed by atoms with E-state index in [1.807, 2.05) is 0 Å². The number of hydrogen-bond acceptors (Lipinski definition) is 1. The second kappa shape index (κ2) is 6.80. The quantitative estimate of drug-likeness (QED) is 0.509. The van der Waals surface area contributed by atoms with Crippen molar-refractivity contribution in [2.24, 2.45) is 5.92 Å². The first-order valence-corrected chi connectivity index (χ1v) is 9.88. The van der Waals surface area contributed by atoms with Crippen molar-refractivity contribution in [3.05, 3.63) is 0 Å². The Morgan fingerprint density at radius 2 is 1.71 bits per heavy atom. The molecule has 4 atom stereocenters. The third-order valence-corrected chi connectivity index (χ3v) is 9.62. The van der Waals surface area contributed by atoms with E-state index in [-0.39, 0.29) is 0 Å². The molecular weight excluding hydrogens is 243 g/mol. The van der Waals surface area contributed by atoms with Crippen LogP contribution < -0.4 is 0 Å². The first-order chi connectivity index (χ1) is 8.31. The van der Waals surface area contributed by atoms with E-state index in [2.05, 4.69) is 26.5 Å². The molecule has 1 aliphatic carbocycles. The minimum absolute atomic E-state index is 0.372. The molecule has 0 aromatic carbocycles. The highest BCUT2D eigenvalue weighted by Gasteiger charge is 2.45. The van der Waals surface area contributed by atoms with Crippen molar-refractivity contribution in [2.75, 3.05) is 5.75 Å². The molecule has 100 valence electrons. The predicted molar refractivity (Wildman–Crippen MR) is 83.9 cm³/mol. The molecule has 2 rings (SSSR count). The largest absolute Gasteiger partial charge is 0.179 e. The fourth-order valence-corrected chi connectivity index (χ4v) is 8.82. The summed E-state index contributed by atoms with van der Waals surface area (Å²) in [5.74, 6) is 2.15. The van der Waals surface area contributed by atoms with Crippen molar-refractivity contribution >= 4 is 20.6 Å². The zero-order valence-electron chi connectivity index (χ0n) is 11.6. The highest BCUT2D eigenvalue weighted by atomic mass is 32.1. The van der Waals surface area contributed by atoms with E-state index >= 15 is 0 Å². The average Bonchev–Trinajstić information content (AvgIpc) is 2.32. The van der Waals surface area contributed by atoms with Crippen LogP contribution in [0.15, 0.2) is 0 Å². The van der Waals surface area contributed by atoms with Crippen LogP contribution in [0.1, 0.15) is 65.2 Å². The molecule has 0 radical (unpaired) electrons. The standard InChI is InChI=1S/C15H29PS/c1-3-13-11-14(4-2)16(13)15-8-6-5-7-12(15)9-10-17/h12-15,17H,3-11H2,1-2H3/t12-,13-,14-,15+/m0/s1. The molecule has 0 bridgehead atoms. The van der Waals surface area contributed by atoms with Crippen LogP contribution in [0.25, 0.3) is 0 Å². The summed E-state index contributed by atoms with van der Waals surface area (Å²) in [5, 5.41) is 0. The van der Waals surface area contributed by atoms with Crippen LogP contribution in [-0.4, -0.2) is 22.7 Å². The second-order valence-corrected chi connectivity index (χ2v) is 9.40. The van der Waals surface area contributed by atoms with E-state index in [1.54, 1.807) is 12.8 Å². The molecule has 0 aromatic heterocycles. The van der Waals surface area contributed by atoms with Gasteiger partial charge >= 0.3 is 0 Å². The lowest BCUT2D eigenvalue weighted by atomic mass is 9.87. The SMILES string of the molecule is CC[C@H]1C[C@H](CC)P1[C@@H]1CCCC[C@H]1CCS. The zero-order valence-corrected chi connectivity index (χ0v) is 13.4. The summed E-state index contributed by atoms with van der Waals surface area (Å²) in [6.07, 6.45) is 11.9. The molecule has 1 heterocycles. The van der Waals surface area contributed by atoms with Crippen molar-refractivity contribution in [1.29, 1.82) is 0 Å². The minimum Gasteiger partial charge on any atom is -0.179 e. The molecule has 1 saturated carbocycles. The third kappa shape index (κ3) is 3.03. The van der Waals surface area contributed by atoms with Crippen molar-refractivity contribution in [3.8, 4) is 0 Å². The topological polar surface area (TPSA) is 0 Å². The molecule has 0 nitrogen and oxygen atoms in total. The van der Waals surface area contributed by atoms with Gasteiger partial charge in [0.15, 0.2) is 0 Å². The number of hydrogen-bond donors (Lipinski definition) is 1. The van der Waals surface area contributed by atoms with E-state index in [0.717, 1.165) is 28.6 Å². The fraction of sp³-hybridized carbons (Fsp3) is 1.00. The maximum Gasteiger partial charge on any atom is -0.00950 e. The Bertz CT molecular complexity index is 219. The normalized spacial score (nSPS) is 39.0. The van der Waals surface area contributed by atoms with Gasteiger partial charge in [0.1, 0.15) is 0 Å². The predicted octanol–water partition coefficient (Wildman–Crippen LogP) is 5.31. The van der Waals surface area contributed by atoms with Gasteiger partial charge in [-0.25, -0.2) is 0 Å². The Hall–Kier alpha value is 0.780. The van der Waals surface area contributed by atoms with Crippen LogP contribution in [0.2, 0.25) is 0 Å². The van der Waals surface area contributed by atoms with E-state index < -0.39 is 0 Å². The molecule has 0 amide bonds. The fourth-order valence-electron chi connectivity index (χ4n) is 4.10. The van der Waals surface area contributed by atoms with Gasteiger partial charge in [-0.2, -0.15) is 12.6 Å². The Kier molecular flexibility index (Phi) is 5.68. The molecule has 1 saturated heterocycles. The van der Waals surface area contributed by atoms with Crippen LogP contribution in [0.4, 0.5) is 0 Å². The van der Waals surface area contributed by atoms with Gasteiger partial charge < -0.3 is 0 Å². The van der Waals surface area contributed by atoms with Crippen molar-refractivity contribution < 1.29 is 0 Å². The van der Waals surface area contributed by atoms with E-state index in [4.69, 9.17) is 0 Å². The Balaban J connectivity index is 2.01. The Labute approximate surface area is 114 Å². The van der Waals surface area contributed by atoms with Gasteiger partial charge in [0, 0.05) is 0 Å². The molecule has 0 N–H and O–H groups in total. The van der Waals surface area contributed by atoms with Gasteiger partial charge in [0.25, 0.3) is 0 Å². The third-order valence-electron chi connectivity index (χ3n) is 5.08. The first-order valence-electron chi connectivity index (χ1n) is 7.70. The lowest BCUT2D eigenvalue weighted by Gasteiger charge is -2.53. The summed E-state index contributed by atoms with van der Waals surface area (Å²) < 4.78 is 0. The maximum absolute atomic E-state index is 4.49. The van der Waals surface area contributed by atoms with Crippen molar-refractivity contribution in [2.45, 2.75) is 82.2 Å². The summed E-state index contributed by atoms with van der Waals surface area (Å²) in [7, 11) is 0.372. The van der Waals surface area contributed by atoms with E-state index in [1.165, 1.54) is 38.5 Å². The molecule has 17 heavy (non-hydrogen) atoms. The summed E-state index contributed by atoms with van der Waals surface area (Å²) in [6, 6.07) is 0. The molecule has 0 unspecified atom stereocenters. The van der Waals surface area contributed by atoms with Gasteiger partial charge in [0.05, 0.1) is 0 Å². The molecular formula is C15H29PS. The molecule has 0 spiro atoms. The van der Waals surface area contributed by atoms with Gasteiger partial charge in [-0.05, 0) is 67.2 Å². The highest BCUT2D eigenvalue weighted by molar-refractivity contribution is 7.80. The van der Waals surface area contributed by atoms with Gasteiger partial charge in [-0.3, -0.25) is 0 Å². The minimum atomic E-state index is 0.372. The summed E-state index contributed by atoms with van der Waals surface area (Å²) in [6.45, 7) is 4.84. The first kappa shape index (κ1) is 14.2. The lowest BCUT2D eigenvalue weighted by Crippen LogP contribution is -2.39. The van der Waals surface area contributed by atoms with Crippen molar-refractivity contribution in [1.82, 2.24) is 0 Å². The summed E-state index contributed by atoms with van der Waals surface area (Å²) in [4.78, 5) is 0. The zero-order chi connectivity index (χ0) is 12.3. The summed E-state index contributed by atoms with van der Waals surface area (Å²) >= 11 is 4.49. The lowest BCUT2D eigenvalue weighted by molar-refractivity contribution is 0.351. The smallest absolute Gasteiger partial charge is 0.00950 e. The molecule has 2 aliphatic rings. The monoisotopic (exact) mass is 272 g/mol. The average molecular weight is 272 g/mol. The van der Waals surface area contributed by atoms with Crippen LogP contribution in [0, 0.1) is 5.92 Å². The van der Waals surface area contributed by atoms with Gasteiger partial charge in [0.2, 0.25) is 0 Å². The van der Waals surface area contributed by atoms with E-state index in [0.29, 0.717) is 7.92 Å².